The maximum Gasteiger partial charge on any atom is 0.251 e. The molecule has 0 aliphatic carbocycles. The van der Waals surface area contributed by atoms with E-state index in [2.05, 4.69) is 41.0 Å². The van der Waals surface area contributed by atoms with E-state index in [9.17, 15) is 4.79 Å². The summed E-state index contributed by atoms with van der Waals surface area (Å²) < 4.78 is 0.917. The second-order valence-electron chi connectivity index (χ2n) is 6.00. The topological polar surface area (TPSA) is 61.4 Å². The zero-order chi connectivity index (χ0) is 17.5. The van der Waals surface area contributed by atoms with Crippen LogP contribution in [0.25, 0.3) is 0 Å². The largest absolute Gasteiger partial charge is 0.352 e. The van der Waals surface area contributed by atoms with Crippen molar-refractivity contribution in [3.8, 4) is 0 Å². The van der Waals surface area contributed by atoms with E-state index in [0.29, 0.717) is 12.1 Å². The van der Waals surface area contributed by atoms with Crippen molar-refractivity contribution in [2.45, 2.75) is 6.42 Å². The van der Waals surface area contributed by atoms with E-state index in [1.807, 2.05) is 30.3 Å². The van der Waals surface area contributed by atoms with Crippen molar-refractivity contribution in [3.63, 3.8) is 0 Å². The zero-order valence-electron chi connectivity index (χ0n) is 14.1. The lowest BCUT2D eigenvalue weighted by molar-refractivity contribution is 0.0951. The highest BCUT2D eigenvalue weighted by molar-refractivity contribution is 9.10. The number of benzene rings is 1. The molecule has 0 saturated carbocycles. The molecule has 6 nitrogen and oxygen atoms in total. The van der Waals surface area contributed by atoms with Crippen molar-refractivity contribution in [1.29, 1.82) is 0 Å². The van der Waals surface area contributed by atoms with Crippen molar-refractivity contribution >= 4 is 27.8 Å². The number of piperazine rings is 1. The first-order chi connectivity index (χ1) is 12.2. The van der Waals surface area contributed by atoms with Gasteiger partial charge in [0, 0.05) is 55.2 Å². The number of amides is 1. The van der Waals surface area contributed by atoms with Crippen molar-refractivity contribution in [3.05, 3.63) is 52.8 Å². The predicted octanol–water partition coefficient (Wildman–Crippen LogP) is 2.18. The lowest BCUT2D eigenvalue weighted by Gasteiger charge is -2.34. The van der Waals surface area contributed by atoms with Crippen LogP contribution in [0, 0.1) is 0 Å². The SMILES string of the molecule is O=C(NCCCN1CCN(c2ncccn2)CC1)c1cccc(Br)c1. The Hall–Kier alpha value is -1.99. The molecule has 25 heavy (non-hydrogen) atoms. The summed E-state index contributed by atoms with van der Waals surface area (Å²) in [7, 11) is 0. The van der Waals surface area contributed by atoms with Gasteiger partial charge in [-0.25, -0.2) is 9.97 Å². The fraction of sp³-hybridized carbons (Fsp3) is 0.389. The summed E-state index contributed by atoms with van der Waals surface area (Å²) in [6, 6.07) is 9.28. The molecule has 2 heterocycles. The first-order valence-electron chi connectivity index (χ1n) is 8.50. The number of rotatable bonds is 6. The molecule has 1 aromatic heterocycles. The van der Waals surface area contributed by atoms with Crippen molar-refractivity contribution < 1.29 is 4.79 Å². The van der Waals surface area contributed by atoms with E-state index in [1.165, 1.54) is 0 Å². The molecule has 1 fully saturated rings. The normalized spacial score (nSPS) is 15.2. The van der Waals surface area contributed by atoms with Crippen LogP contribution in [0.3, 0.4) is 0 Å². The average Bonchev–Trinajstić information content (AvgIpc) is 2.66. The maximum absolute atomic E-state index is 12.1. The maximum atomic E-state index is 12.1. The summed E-state index contributed by atoms with van der Waals surface area (Å²) in [5, 5.41) is 2.98. The van der Waals surface area contributed by atoms with Gasteiger partial charge in [-0.2, -0.15) is 0 Å². The van der Waals surface area contributed by atoms with Crippen LogP contribution in [0.1, 0.15) is 16.8 Å². The molecule has 3 rings (SSSR count). The fourth-order valence-electron chi connectivity index (χ4n) is 2.86. The van der Waals surface area contributed by atoms with Gasteiger partial charge in [-0.15, -0.1) is 0 Å². The average molecular weight is 404 g/mol. The Morgan fingerprint density at radius 1 is 1.12 bits per heavy atom. The van der Waals surface area contributed by atoms with Crippen molar-refractivity contribution in [1.82, 2.24) is 20.2 Å². The Kier molecular flexibility index (Phi) is 6.36. The number of hydrogen-bond donors (Lipinski definition) is 1. The second kappa shape index (κ2) is 8.92. The highest BCUT2D eigenvalue weighted by atomic mass is 79.9. The Morgan fingerprint density at radius 3 is 2.60 bits per heavy atom. The highest BCUT2D eigenvalue weighted by Gasteiger charge is 2.18. The first-order valence-corrected chi connectivity index (χ1v) is 9.30. The van der Waals surface area contributed by atoms with Crippen LogP contribution in [0.5, 0.6) is 0 Å². The number of hydrogen-bond acceptors (Lipinski definition) is 5. The molecule has 1 aliphatic rings. The monoisotopic (exact) mass is 403 g/mol. The van der Waals surface area contributed by atoms with Crippen LogP contribution in [0.2, 0.25) is 0 Å². The van der Waals surface area contributed by atoms with Crippen LogP contribution in [0.15, 0.2) is 47.2 Å². The van der Waals surface area contributed by atoms with Crippen LogP contribution in [0.4, 0.5) is 5.95 Å². The predicted molar refractivity (Wildman–Crippen MR) is 102 cm³/mol. The van der Waals surface area contributed by atoms with E-state index in [4.69, 9.17) is 0 Å². The fourth-order valence-corrected chi connectivity index (χ4v) is 3.26. The Morgan fingerprint density at radius 2 is 1.88 bits per heavy atom. The van der Waals surface area contributed by atoms with Gasteiger partial charge in [0.25, 0.3) is 5.91 Å². The van der Waals surface area contributed by atoms with Gasteiger partial charge >= 0.3 is 0 Å². The molecule has 0 radical (unpaired) electrons. The number of halogens is 1. The summed E-state index contributed by atoms with van der Waals surface area (Å²) >= 11 is 3.39. The molecule has 1 N–H and O–H groups in total. The third kappa shape index (κ3) is 5.24. The van der Waals surface area contributed by atoms with Crippen LogP contribution in [-0.2, 0) is 0 Å². The molecule has 0 atom stereocenters. The molecule has 0 bridgehead atoms. The third-order valence-electron chi connectivity index (χ3n) is 4.23. The molecule has 2 aromatic rings. The smallest absolute Gasteiger partial charge is 0.251 e. The molecule has 1 aliphatic heterocycles. The van der Waals surface area contributed by atoms with Crippen molar-refractivity contribution in [2.24, 2.45) is 0 Å². The molecule has 0 spiro atoms. The van der Waals surface area contributed by atoms with Gasteiger partial charge in [-0.05, 0) is 37.2 Å². The van der Waals surface area contributed by atoms with Crippen LogP contribution < -0.4 is 10.2 Å². The lowest BCUT2D eigenvalue weighted by Crippen LogP contribution is -2.47. The van der Waals surface area contributed by atoms with Gasteiger partial charge in [0.1, 0.15) is 0 Å². The Bertz CT molecular complexity index is 689. The molecule has 1 saturated heterocycles. The van der Waals surface area contributed by atoms with Gasteiger partial charge in [-0.1, -0.05) is 22.0 Å². The number of anilines is 1. The summed E-state index contributed by atoms with van der Waals surface area (Å²) in [4.78, 5) is 25.3. The minimum Gasteiger partial charge on any atom is -0.352 e. The summed E-state index contributed by atoms with van der Waals surface area (Å²) in [6.07, 6.45) is 4.51. The van der Waals surface area contributed by atoms with Crippen LogP contribution in [-0.4, -0.2) is 60.0 Å². The Labute approximate surface area is 156 Å². The summed E-state index contributed by atoms with van der Waals surface area (Å²) in [5.74, 6) is 0.788. The molecule has 1 amide bonds. The minimum absolute atomic E-state index is 0.0210. The standard InChI is InChI=1S/C18H22BrN5O/c19-16-5-1-4-15(14-16)17(25)20-8-3-9-23-10-12-24(13-11-23)18-21-6-2-7-22-18/h1-2,4-7,14H,3,8-13H2,(H,20,25). The van der Waals surface area contributed by atoms with E-state index in [-0.39, 0.29) is 5.91 Å². The molecule has 1 aromatic carbocycles. The number of nitrogens with zero attached hydrogens (tertiary/aromatic N) is 4. The third-order valence-corrected chi connectivity index (χ3v) is 4.72. The quantitative estimate of drug-likeness (QED) is 0.748. The van der Waals surface area contributed by atoms with Crippen LogP contribution >= 0.6 is 15.9 Å². The van der Waals surface area contributed by atoms with Gasteiger partial charge in [0.2, 0.25) is 5.95 Å². The van der Waals surface area contributed by atoms with E-state index in [0.717, 1.165) is 49.6 Å². The summed E-state index contributed by atoms with van der Waals surface area (Å²) in [5.41, 5.74) is 0.686. The molecule has 7 heteroatoms. The van der Waals surface area contributed by atoms with Crippen molar-refractivity contribution in [2.75, 3.05) is 44.2 Å². The number of carbonyl (C=O) groups is 1. The minimum atomic E-state index is -0.0210. The van der Waals surface area contributed by atoms with Gasteiger partial charge in [0.05, 0.1) is 0 Å². The Balaban J connectivity index is 1.34. The van der Waals surface area contributed by atoms with Gasteiger partial charge < -0.3 is 10.2 Å². The van der Waals surface area contributed by atoms with E-state index >= 15 is 0 Å². The van der Waals surface area contributed by atoms with E-state index in [1.54, 1.807) is 12.4 Å². The van der Waals surface area contributed by atoms with Gasteiger partial charge in [-0.3, -0.25) is 9.69 Å². The highest BCUT2D eigenvalue weighted by Crippen LogP contribution is 2.12. The molecule has 0 unspecified atom stereocenters. The van der Waals surface area contributed by atoms with E-state index < -0.39 is 0 Å². The number of nitrogens with one attached hydrogen (secondary N) is 1. The lowest BCUT2D eigenvalue weighted by atomic mass is 10.2. The number of aromatic nitrogens is 2. The van der Waals surface area contributed by atoms with Gasteiger partial charge in [0.15, 0.2) is 0 Å². The molecule has 132 valence electrons. The zero-order valence-corrected chi connectivity index (χ0v) is 15.7. The second-order valence-corrected chi connectivity index (χ2v) is 6.91. The first kappa shape index (κ1) is 17.8. The summed E-state index contributed by atoms with van der Waals surface area (Å²) in [6.45, 7) is 5.55. The number of carbonyl (C=O) groups excluding carboxylic acids is 1. The molecular formula is C18H22BrN5O. The molecular weight excluding hydrogens is 382 g/mol.